The minimum atomic E-state index is -0.475. The number of nitrogens with one attached hydrogen (secondary N) is 1. The summed E-state index contributed by atoms with van der Waals surface area (Å²) in [5.41, 5.74) is 0. The van der Waals surface area contributed by atoms with Crippen molar-refractivity contribution in [2.75, 3.05) is 0 Å². The van der Waals surface area contributed by atoms with Crippen LogP contribution in [0, 0.1) is 0 Å². The molecule has 0 radical (unpaired) electrons. The van der Waals surface area contributed by atoms with Crippen LogP contribution < -0.4 is 5.32 Å². The molecule has 0 aromatic heterocycles. The Morgan fingerprint density at radius 3 is 2.64 bits per heavy atom. The molecular weight excluding hydrogens is 178 g/mol. The van der Waals surface area contributed by atoms with E-state index in [1.807, 2.05) is 0 Å². The van der Waals surface area contributed by atoms with Crippen LogP contribution >= 0.6 is 0 Å². The van der Waals surface area contributed by atoms with E-state index in [9.17, 15) is 0 Å². The van der Waals surface area contributed by atoms with Crippen molar-refractivity contribution in [1.29, 1.82) is 0 Å². The molecule has 0 bridgehead atoms. The number of allylic oxidation sites excluding steroid dienone is 2. The maximum absolute atomic E-state index is 9.12. The molecule has 0 aliphatic heterocycles. The fourth-order valence-electron chi connectivity index (χ4n) is 1.26. The fraction of sp³-hybridized carbons (Fsp3) is 0.636. The summed E-state index contributed by atoms with van der Waals surface area (Å²) in [4.78, 5) is 0. The van der Waals surface area contributed by atoms with Crippen molar-refractivity contribution in [3.8, 4) is 0 Å². The molecule has 0 aromatic carbocycles. The summed E-state index contributed by atoms with van der Waals surface area (Å²) in [5.74, 6) is 0.219. The number of aliphatic hydroxyl groups is 2. The van der Waals surface area contributed by atoms with Crippen LogP contribution in [0.5, 0.6) is 0 Å². The van der Waals surface area contributed by atoms with Gasteiger partial charge in [0.2, 0.25) is 0 Å². The van der Waals surface area contributed by atoms with Crippen LogP contribution in [0.2, 0.25) is 0 Å². The zero-order valence-corrected chi connectivity index (χ0v) is 9.03. The van der Waals surface area contributed by atoms with Crippen molar-refractivity contribution in [3.63, 3.8) is 0 Å². The van der Waals surface area contributed by atoms with Crippen molar-refractivity contribution in [2.24, 2.45) is 0 Å². The largest absolute Gasteiger partial charge is 0.508 e. The quantitative estimate of drug-likeness (QED) is 0.334. The van der Waals surface area contributed by atoms with Gasteiger partial charge < -0.3 is 10.2 Å². The molecule has 0 aliphatic rings. The molecule has 0 amide bonds. The van der Waals surface area contributed by atoms with Crippen LogP contribution in [0.3, 0.4) is 0 Å². The van der Waals surface area contributed by atoms with E-state index >= 15 is 0 Å². The topological polar surface area (TPSA) is 52.5 Å². The summed E-state index contributed by atoms with van der Waals surface area (Å²) >= 11 is 0. The lowest BCUT2D eigenvalue weighted by Crippen LogP contribution is -2.35. The highest BCUT2D eigenvalue weighted by Crippen LogP contribution is 2.05. The molecule has 0 saturated carbocycles. The van der Waals surface area contributed by atoms with Crippen LogP contribution in [-0.4, -0.2) is 22.5 Å². The standard InChI is InChI=1S/C11H21NO2/c1-4-10(12-9(3)13)7-6-8-11(14)5-2/h5,8-10,12-14H,2,4,6-7H2,1,3H3/b11-8+/t9?,10-/m0/s1. The Labute approximate surface area is 86.1 Å². The van der Waals surface area contributed by atoms with Gasteiger partial charge in [0, 0.05) is 6.04 Å². The third-order valence-corrected chi connectivity index (χ3v) is 2.05. The molecule has 0 rings (SSSR count). The Hall–Kier alpha value is -0.800. The lowest BCUT2D eigenvalue weighted by molar-refractivity contribution is 0.137. The van der Waals surface area contributed by atoms with E-state index in [2.05, 4.69) is 18.8 Å². The molecule has 3 nitrogen and oxygen atoms in total. The van der Waals surface area contributed by atoms with E-state index in [-0.39, 0.29) is 5.76 Å². The van der Waals surface area contributed by atoms with Crippen molar-refractivity contribution in [1.82, 2.24) is 5.32 Å². The first-order valence-electron chi connectivity index (χ1n) is 5.05. The first-order chi connectivity index (χ1) is 6.60. The van der Waals surface area contributed by atoms with Gasteiger partial charge in [0.15, 0.2) is 0 Å². The van der Waals surface area contributed by atoms with Crippen LogP contribution in [0.4, 0.5) is 0 Å². The third-order valence-electron chi connectivity index (χ3n) is 2.05. The molecule has 0 spiro atoms. The molecule has 3 heteroatoms. The van der Waals surface area contributed by atoms with Crippen molar-refractivity contribution >= 4 is 0 Å². The maximum Gasteiger partial charge on any atom is 0.111 e. The molecule has 82 valence electrons. The smallest absolute Gasteiger partial charge is 0.111 e. The highest BCUT2D eigenvalue weighted by atomic mass is 16.3. The number of aliphatic hydroxyl groups excluding tert-OH is 2. The van der Waals surface area contributed by atoms with E-state index < -0.39 is 6.23 Å². The zero-order valence-electron chi connectivity index (χ0n) is 9.03. The molecule has 0 aromatic rings. The second-order valence-electron chi connectivity index (χ2n) is 3.36. The van der Waals surface area contributed by atoms with E-state index in [0.29, 0.717) is 6.04 Å². The summed E-state index contributed by atoms with van der Waals surface area (Å²) in [5, 5.41) is 21.3. The van der Waals surface area contributed by atoms with Gasteiger partial charge in [-0.3, -0.25) is 5.32 Å². The Morgan fingerprint density at radius 1 is 1.57 bits per heavy atom. The lowest BCUT2D eigenvalue weighted by Gasteiger charge is -2.17. The highest BCUT2D eigenvalue weighted by Gasteiger charge is 2.06. The Bertz CT molecular complexity index is 188. The van der Waals surface area contributed by atoms with Crippen molar-refractivity contribution in [3.05, 3.63) is 24.5 Å². The third kappa shape index (κ3) is 6.69. The summed E-state index contributed by atoms with van der Waals surface area (Å²) in [6.07, 6.45) is 5.34. The van der Waals surface area contributed by atoms with Crippen molar-refractivity contribution in [2.45, 2.75) is 45.4 Å². The first-order valence-corrected chi connectivity index (χ1v) is 5.05. The SMILES string of the molecule is C=C/C(O)=C\CC[C@H](CC)NC(C)O. The van der Waals surface area contributed by atoms with Crippen LogP contribution in [0.1, 0.15) is 33.1 Å². The summed E-state index contributed by atoms with van der Waals surface area (Å²) in [6.45, 7) is 7.23. The highest BCUT2D eigenvalue weighted by molar-refractivity contribution is 5.06. The van der Waals surface area contributed by atoms with E-state index in [4.69, 9.17) is 10.2 Å². The van der Waals surface area contributed by atoms with Gasteiger partial charge in [-0.2, -0.15) is 0 Å². The van der Waals surface area contributed by atoms with E-state index in [1.54, 1.807) is 13.0 Å². The van der Waals surface area contributed by atoms with E-state index in [0.717, 1.165) is 19.3 Å². The van der Waals surface area contributed by atoms with Gasteiger partial charge in [-0.1, -0.05) is 13.5 Å². The summed E-state index contributed by atoms with van der Waals surface area (Å²) in [7, 11) is 0. The summed E-state index contributed by atoms with van der Waals surface area (Å²) < 4.78 is 0. The molecular formula is C11H21NO2. The Balaban J connectivity index is 3.78. The van der Waals surface area contributed by atoms with Crippen molar-refractivity contribution < 1.29 is 10.2 Å². The molecule has 0 fully saturated rings. The minimum absolute atomic E-state index is 0.219. The van der Waals surface area contributed by atoms with E-state index in [1.165, 1.54) is 6.08 Å². The predicted molar refractivity (Wildman–Crippen MR) is 59.0 cm³/mol. The van der Waals surface area contributed by atoms with Gasteiger partial charge in [0.05, 0.1) is 0 Å². The average molecular weight is 199 g/mol. The van der Waals surface area contributed by atoms with Crippen LogP contribution in [0.25, 0.3) is 0 Å². The summed E-state index contributed by atoms with van der Waals surface area (Å²) in [6, 6.07) is 0.295. The zero-order chi connectivity index (χ0) is 11.0. The van der Waals surface area contributed by atoms with Gasteiger partial charge in [-0.15, -0.1) is 0 Å². The molecule has 0 saturated heterocycles. The van der Waals surface area contributed by atoms with Gasteiger partial charge in [0.25, 0.3) is 0 Å². The van der Waals surface area contributed by atoms with Crippen LogP contribution in [-0.2, 0) is 0 Å². The fourth-order valence-corrected chi connectivity index (χ4v) is 1.26. The lowest BCUT2D eigenvalue weighted by atomic mass is 10.1. The second-order valence-corrected chi connectivity index (χ2v) is 3.36. The van der Waals surface area contributed by atoms with Gasteiger partial charge in [-0.05, 0) is 38.3 Å². The molecule has 1 unspecified atom stereocenters. The molecule has 0 aliphatic carbocycles. The molecule has 3 N–H and O–H groups in total. The Morgan fingerprint density at radius 2 is 2.21 bits per heavy atom. The Kier molecular flexibility index (Phi) is 7.16. The molecule has 2 atom stereocenters. The normalized spacial score (nSPS) is 16.4. The predicted octanol–water partition coefficient (Wildman–Crippen LogP) is 2.10. The van der Waals surface area contributed by atoms with Gasteiger partial charge >= 0.3 is 0 Å². The minimum Gasteiger partial charge on any atom is -0.508 e. The first kappa shape index (κ1) is 13.2. The number of rotatable bonds is 7. The van der Waals surface area contributed by atoms with Gasteiger partial charge in [0.1, 0.15) is 12.0 Å². The van der Waals surface area contributed by atoms with Gasteiger partial charge in [-0.25, -0.2) is 0 Å². The number of hydrogen-bond acceptors (Lipinski definition) is 3. The second kappa shape index (κ2) is 7.59. The van der Waals surface area contributed by atoms with Crippen LogP contribution in [0.15, 0.2) is 24.5 Å². The monoisotopic (exact) mass is 199 g/mol. The molecule has 14 heavy (non-hydrogen) atoms. The molecule has 0 heterocycles. The number of hydrogen-bond donors (Lipinski definition) is 3. The average Bonchev–Trinajstić information content (AvgIpc) is 2.15. The maximum atomic E-state index is 9.12.